The van der Waals surface area contributed by atoms with Gasteiger partial charge in [0.2, 0.25) is 11.8 Å². The highest BCUT2D eigenvalue weighted by Crippen LogP contribution is 2.31. The van der Waals surface area contributed by atoms with Gasteiger partial charge in [-0.25, -0.2) is 0 Å². The van der Waals surface area contributed by atoms with Gasteiger partial charge < -0.3 is 4.52 Å². The molecule has 1 amide bonds. The molecule has 3 rings (SSSR count). The fourth-order valence-electron chi connectivity index (χ4n) is 2.57. The maximum absolute atomic E-state index is 12.1. The Morgan fingerprint density at radius 2 is 1.95 bits per heavy atom. The second-order valence-corrected chi connectivity index (χ2v) is 5.48. The third-order valence-electron chi connectivity index (χ3n) is 3.69. The van der Waals surface area contributed by atoms with Crippen LogP contribution in [0.5, 0.6) is 0 Å². The Hall–Kier alpha value is -1.81. The van der Waals surface area contributed by atoms with Crippen molar-refractivity contribution >= 4 is 23.4 Å². The van der Waals surface area contributed by atoms with Gasteiger partial charge in [0, 0.05) is 10.9 Å². The van der Waals surface area contributed by atoms with Gasteiger partial charge in [-0.3, -0.25) is 10.1 Å². The smallest absolute Gasteiger partial charge is 0.239 e. The number of nitrogens with one attached hydrogen (secondary N) is 1. The quantitative estimate of drug-likeness (QED) is 0.925. The number of hydrogen-bond acceptors (Lipinski definition) is 3. The highest BCUT2D eigenvalue weighted by atomic mass is 35.5. The zero-order valence-corrected chi connectivity index (χ0v) is 11.7. The predicted molar refractivity (Wildman–Crippen MR) is 77.5 cm³/mol. The van der Waals surface area contributed by atoms with Crippen LogP contribution in [0.15, 0.2) is 35.0 Å². The molecule has 1 aliphatic rings. The van der Waals surface area contributed by atoms with E-state index in [1.54, 1.807) is 18.3 Å². The van der Waals surface area contributed by atoms with Crippen molar-refractivity contribution in [1.29, 1.82) is 0 Å². The Balaban J connectivity index is 1.79. The number of carbonyl (C=O) groups is 1. The van der Waals surface area contributed by atoms with Crippen LogP contribution in [0.3, 0.4) is 0 Å². The Labute approximate surface area is 122 Å². The maximum atomic E-state index is 12.1. The zero-order valence-electron chi connectivity index (χ0n) is 10.9. The number of halogens is 1. The number of rotatable bonds is 3. The molecular formula is C15H15ClN2O2. The van der Waals surface area contributed by atoms with Crippen molar-refractivity contribution in [2.75, 3.05) is 5.32 Å². The van der Waals surface area contributed by atoms with E-state index < -0.39 is 0 Å². The average molecular weight is 291 g/mol. The lowest BCUT2D eigenvalue weighted by Gasteiger charge is -2.09. The van der Waals surface area contributed by atoms with Gasteiger partial charge in [0.1, 0.15) is 0 Å². The molecule has 0 radical (unpaired) electrons. The van der Waals surface area contributed by atoms with Crippen molar-refractivity contribution in [3.05, 3.63) is 35.5 Å². The van der Waals surface area contributed by atoms with Crippen LogP contribution < -0.4 is 5.32 Å². The Kier molecular flexibility index (Phi) is 3.74. The van der Waals surface area contributed by atoms with Gasteiger partial charge in [-0.2, -0.15) is 0 Å². The summed E-state index contributed by atoms with van der Waals surface area (Å²) in [5.41, 5.74) is 1.69. The highest BCUT2D eigenvalue weighted by molar-refractivity contribution is 6.30. The summed E-state index contributed by atoms with van der Waals surface area (Å²) < 4.78 is 5.16. The molecule has 0 unspecified atom stereocenters. The van der Waals surface area contributed by atoms with E-state index in [0.717, 1.165) is 36.8 Å². The summed E-state index contributed by atoms with van der Waals surface area (Å²) >= 11 is 5.87. The number of nitrogens with zero attached hydrogens (tertiary/aromatic N) is 1. The monoisotopic (exact) mass is 290 g/mol. The third-order valence-corrected chi connectivity index (χ3v) is 3.94. The lowest BCUT2D eigenvalue weighted by Crippen LogP contribution is -2.20. The SMILES string of the molecule is O=C(Nc1oncc1-c1ccc(Cl)cc1)C1CCCC1. The predicted octanol–water partition coefficient (Wildman–Crippen LogP) is 4.12. The van der Waals surface area contributed by atoms with Gasteiger partial charge in [-0.05, 0) is 30.5 Å². The van der Waals surface area contributed by atoms with Crippen molar-refractivity contribution < 1.29 is 9.32 Å². The molecule has 1 aliphatic carbocycles. The van der Waals surface area contributed by atoms with Crippen LogP contribution in [0.2, 0.25) is 5.02 Å². The van der Waals surface area contributed by atoms with Crippen LogP contribution in [0, 0.1) is 5.92 Å². The first-order chi connectivity index (χ1) is 9.74. The van der Waals surface area contributed by atoms with Gasteiger partial charge in [-0.1, -0.05) is 41.7 Å². The molecule has 1 fully saturated rings. The summed E-state index contributed by atoms with van der Waals surface area (Å²) in [6.07, 6.45) is 5.76. The van der Waals surface area contributed by atoms with E-state index in [1.165, 1.54) is 0 Å². The van der Waals surface area contributed by atoms with Gasteiger partial charge in [0.05, 0.1) is 11.8 Å². The minimum atomic E-state index is 0.0227. The highest BCUT2D eigenvalue weighted by Gasteiger charge is 2.24. The minimum absolute atomic E-state index is 0.0227. The first-order valence-corrected chi connectivity index (χ1v) is 7.13. The fraction of sp³-hybridized carbons (Fsp3) is 0.333. The molecule has 1 aromatic carbocycles. The maximum Gasteiger partial charge on any atom is 0.239 e. The number of anilines is 1. The van der Waals surface area contributed by atoms with E-state index >= 15 is 0 Å². The van der Waals surface area contributed by atoms with Crippen molar-refractivity contribution in [3.63, 3.8) is 0 Å². The van der Waals surface area contributed by atoms with Gasteiger partial charge >= 0.3 is 0 Å². The summed E-state index contributed by atoms with van der Waals surface area (Å²) in [5, 5.41) is 7.29. The molecule has 0 saturated heterocycles. The summed E-state index contributed by atoms with van der Waals surface area (Å²) in [7, 11) is 0. The molecule has 0 atom stereocenters. The molecule has 5 heteroatoms. The van der Waals surface area contributed by atoms with Crippen LogP contribution in [-0.4, -0.2) is 11.1 Å². The van der Waals surface area contributed by atoms with Crippen LogP contribution in [-0.2, 0) is 4.79 Å². The minimum Gasteiger partial charge on any atom is -0.338 e. The molecule has 20 heavy (non-hydrogen) atoms. The fourth-order valence-corrected chi connectivity index (χ4v) is 2.69. The van der Waals surface area contributed by atoms with E-state index in [9.17, 15) is 4.79 Å². The number of aromatic nitrogens is 1. The third kappa shape index (κ3) is 2.70. The van der Waals surface area contributed by atoms with Crippen molar-refractivity contribution in [2.24, 2.45) is 5.92 Å². The molecule has 1 heterocycles. The molecule has 0 bridgehead atoms. The topological polar surface area (TPSA) is 55.1 Å². The number of amides is 1. The first kappa shape index (κ1) is 13.2. The number of carbonyl (C=O) groups excluding carboxylic acids is 1. The summed E-state index contributed by atoms with van der Waals surface area (Å²) in [4.78, 5) is 12.1. The summed E-state index contributed by atoms with van der Waals surface area (Å²) in [6.45, 7) is 0. The van der Waals surface area contributed by atoms with E-state index in [1.807, 2.05) is 12.1 Å². The summed E-state index contributed by atoms with van der Waals surface area (Å²) in [5.74, 6) is 0.525. The average Bonchev–Trinajstić information content (AvgIpc) is 3.10. The molecule has 4 nitrogen and oxygen atoms in total. The van der Waals surface area contributed by atoms with Crippen LogP contribution >= 0.6 is 11.6 Å². The van der Waals surface area contributed by atoms with Crippen molar-refractivity contribution in [2.45, 2.75) is 25.7 Å². The summed E-state index contributed by atoms with van der Waals surface area (Å²) in [6, 6.07) is 7.35. The lowest BCUT2D eigenvalue weighted by molar-refractivity contribution is -0.119. The Bertz CT molecular complexity index is 601. The Morgan fingerprint density at radius 3 is 2.65 bits per heavy atom. The van der Waals surface area contributed by atoms with Crippen LogP contribution in [0.1, 0.15) is 25.7 Å². The van der Waals surface area contributed by atoms with Crippen molar-refractivity contribution in [1.82, 2.24) is 5.16 Å². The van der Waals surface area contributed by atoms with Gasteiger partial charge in [0.15, 0.2) is 0 Å². The molecular weight excluding hydrogens is 276 g/mol. The van der Waals surface area contributed by atoms with Crippen LogP contribution in [0.25, 0.3) is 11.1 Å². The zero-order chi connectivity index (χ0) is 13.9. The van der Waals surface area contributed by atoms with Gasteiger partial charge in [0.25, 0.3) is 0 Å². The van der Waals surface area contributed by atoms with E-state index in [2.05, 4.69) is 10.5 Å². The molecule has 2 aromatic rings. The number of benzene rings is 1. The van der Waals surface area contributed by atoms with E-state index in [4.69, 9.17) is 16.1 Å². The van der Waals surface area contributed by atoms with E-state index in [-0.39, 0.29) is 11.8 Å². The van der Waals surface area contributed by atoms with E-state index in [0.29, 0.717) is 10.9 Å². The first-order valence-electron chi connectivity index (χ1n) is 6.75. The molecule has 1 aromatic heterocycles. The standard InChI is InChI=1S/C15H15ClN2O2/c16-12-7-5-10(6-8-12)13-9-17-20-15(13)18-14(19)11-3-1-2-4-11/h5-9,11H,1-4H2,(H,18,19). The van der Waals surface area contributed by atoms with Crippen LogP contribution in [0.4, 0.5) is 5.88 Å². The molecule has 0 aliphatic heterocycles. The molecule has 0 spiro atoms. The second kappa shape index (κ2) is 5.67. The number of hydrogen-bond donors (Lipinski definition) is 1. The van der Waals surface area contributed by atoms with Crippen molar-refractivity contribution in [3.8, 4) is 11.1 Å². The van der Waals surface area contributed by atoms with Gasteiger partial charge in [-0.15, -0.1) is 0 Å². The molecule has 104 valence electrons. The Morgan fingerprint density at radius 1 is 1.25 bits per heavy atom. The molecule has 1 N–H and O–H groups in total. The normalized spacial score (nSPS) is 15.4. The lowest BCUT2D eigenvalue weighted by atomic mass is 10.1. The molecule has 1 saturated carbocycles. The second-order valence-electron chi connectivity index (χ2n) is 5.05. The largest absolute Gasteiger partial charge is 0.338 e.